The van der Waals surface area contributed by atoms with E-state index in [2.05, 4.69) is 5.32 Å². The first kappa shape index (κ1) is 13.7. The number of nitrogens with one attached hydrogen (secondary N) is 1. The minimum absolute atomic E-state index is 0.0501. The van der Waals surface area contributed by atoms with Crippen molar-refractivity contribution in [2.24, 2.45) is 0 Å². The third-order valence-corrected chi connectivity index (χ3v) is 2.61. The number of hydrogen-bond acceptors (Lipinski definition) is 5. The van der Waals surface area contributed by atoms with Crippen LogP contribution in [0.25, 0.3) is 11.3 Å². The molecule has 0 unspecified atom stereocenters. The van der Waals surface area contributed by atoms with E-state index < -0.39 is 11.8 Å². The predicted octanol–water partition coefficient (Wildman–Crippen LogP) is 1.81. The highest BCUT2D eigenvalue weighted by atomic mass is 16.5. The molecule has 0 fully saturated rings. The van der Waals surface area contributed by atoms with Gasteiger partial charge in [0.15, 0.2) is 5.76 Å². The molecule has 104 valence electrons. The molecule has 0 aliphatic heterocycles. The van der Waals surface area contributed by atoms with E-state index in [-0.39, 0.29) is 5.76 Å². The number of methoxy groups -OCH3 is 1. The van der Waals surface area contributed by atoms with Crippen molar-refractivity contribution in [3.8, 4) is 17.1 Å². The largest absolute Gasteiger partial charge is 0.496 e. The molecule has 3 N–H and O–H groups in total. The zero-order chi connectivity index (χ0) is 14.7. The molecule has 0 spiro atoms. The lowest BCUT2D eigenvalue weighted by atomic mass is 10.1. The van der Waals surface area contributed by atoms with Crippen LogP contribution in [0.1, 0.15) is 17.5 Å². The van der Waals surface area contributed by atoms with Crippen LogP contribution in [0.3, 0.4) is 0 Å². The van der Waals surface area contributed by atoms with Crippen LogP contribution in [0.15, 0.2) is 34.7 Å². The van der Waals surface area contributed by atoms with Gasteiger partial charge < -0.3 is 14.9 Å². The van der Waals surface area contributed by atoms with Gasteiger partial charge in [-0.1, -0.05) is 0 Å². The molecule has 20 heavy (non-hydrogen) atoms. The Hall–Kier alpha value is -2.76. The molecule has 2 aromatic rings. The molecular weight excluding hydrogens is 260 g/mol. The van der Waals surface area contributed by atoms with E-state index in [0.717, 1.165) is 0 Å². The van der Waals surface area contributed by atoms with E-state index in [1.54, 1.807) is 24.3 Å². The van der Waals surface area contributed by atoms with E-state index >= 15 is 0 Å². The second kappa shape index (κ2) is 5.48. The van der Waals surface area contributed by atoms with Gasteiger partial charge in [0, 0.05) is 18.7 Å². The normalized spacial score (nSPS) is 10.1. The summed E-state index contributed by atoms with van der Waals surface area (Å²) in [4.78, 5) is 22.5. The van der Waals surface area contributed by atoms with E-state index in [4.69, 9.17) is 14.9 Å². The fourth-order valence-corrected chi connectivity index (χ4v) is 1.74. The molecule has 6 heteroatoms. The van der Waals surface area contributed by atoms with Gasteiger partial charge in [-0.15, -0.1) is 0 Å². The van der Waals surface area contributed by atoms with Crippen molar-refractivity contribution >= 4 is 17.5 Å². The quantitative estimate of drug-likeness (QED) is 0.832. The molecule has 0 aliphatic carbocycles. The maximum absolute atomic E-state index is 11.6. The van der Waals surface area contributed by atoms with Gasteiger partial charge in [-0.2, -0.15) is 0 Å². The summed E-state index contributed by atoms with van der Waals surface area (Å²) in [5, 5.41) is 2.14. The summed E-state index contributed by atoms with van der Waals surface area (Å²) in [7, 11) is 1.52. The van der Waals surface area contributed by atoms with E-state index in [9.17, 15) is 9.59 Å². The molecule has 1 heterocycles. The average Bonchev–Trinajstić information content (AvgIpc) is 2.87. The molecule has 2 amide bonds. The number of carbonyl (C=O) groups excluding carboxylic acids is 2. The van der Waals surface area contributed by atoms with Gasteiger partial charge in [0.25, 0.3) is 5.91 Å². The van der Waals surface area contributed by atoms with Crippen LogP contribution in [0.4, 0.5) is 5.69 Å². The number of nitrogens with two attached hydrogens (primary N) is 1. The number of ether oxygens (including phenoxy) is 1. The van der Waals surface area contributed by atoms with Gasteiger partial charge >= 0.3 is 0 Å². The standard InChI is InChI=1S/C14H14N2O4/c1-8(17)16-14(18)12-6-5-11(20-12)10-4-3-9(15)7-13(10)19-2/h3-7H,15H2,1-2H3,(H,16,17,18). The Morgan fingerprint density at radius 1 is 1.25 bits per heavy atom. The zero-order valence-electron chi connectivity index (χ0n) is 11.1. The molecule has 0 radical (unpaired) electrons. The topological polar surface area (TPSA) is 94.6 Å². The Morgan fingerprint density at radius 2 is 2.00 bits per heavy atom. The number of benzene rings is 1. The fraction of sp³-hybridized carbons (Fsp3) is 0.143. The van der Waals surface area contributed by atoms with Crippen LogP contribution in [0.2, 0.25) is 0 Å². The average molecular weight is 274 g/mol. The SMILES string of the molecule is COc1cc(N)ccc1-c1ccc(C(=O)NC(C)=O)o1. The molecule has 0 aliphatic rings. The van der Waals surface area contributed by atoms with Crippen molar-refractivity contribution in [1.29, 1.82) is 0 Å². The first-order valence-electron chi connectivity index (χ1n) is 5.87. The molecule has 6 nitrogen and oxygen atoms in total. The second-order valence-electron chi connectivity index (χ2n) is 4.13. The van der Waals surface area contributed by atoms with Gasteiger partial charge in [-0.3, -0.25) is 14.9 Å². The Balaban J connectivity index is 2.33. The lowest BCUT2D eigenvalue weighted by Crippen LogP contribution is -2.27. The van der Waals surface area contributed by atoms with E-state index in [0.29, 0.717) is 22.8 Å². The minimum atomic E-state index is -0.585. The highest BCUT2D eigenvalue weighted by molar-refractivity contribution is 6.02. The molecule has 0 bridgehead atoms. The lowest BCUT2D eigenvalue weighted by Gasteiger charge is -2.06. The van der Waals surface area contributed by atoms with Crippen LogP contribution in [-0.4, -0.2) is 18.9 Å². The van der Waals surface area contributed by atoms with Crippen LogP contribution >= 0.6 is 0 Å². The monoisotopic (exact) mass is 274 g/mol. The first-order chi connectivity index (χ1) is 9.51. The summed E-state index contributed by atoms with van der Waals surface area (Å²) in [6, 6.07) is 8.22. The second-order valence-corrected chi connectivity index (χ2v) is 4.13. The Bertz CT molecular complexity index is 661. The van der Waals surface area contributed by atoms with E-state index in [1.807, 2.05) is 0 Å². The Labute approximate surface area is 115 Å². The first-order valence-corrected chi connectivity index (χ1v) is 5.87. The highest BCUT2D eigenvalue weighted by Crippen LogP contribution is 2.32. The number of carbonyl (C=O) groups is 2. The van der Waals surface area contributed by atoms with Crippen LogP contribution in [0, 0.1) is 0 Å². The van der Waals surface area contributed by atoms with Crippen molar-refractivity contribution < 1.29 is 18.7 Å². The summed E-state index contributed by atoms with van der Waals surface area (Å²) in [6.45, 7) is 1.25. The molecule has 1 aromatic heterocycles. The summed E-state index contributed by atoms with van der Waals surface area (Å²) in [5.74, 6) is 0.0127. The summed E-state index contributed by atoms with van der Waals surface area (Å²) >= 11 is 0. The predicted molar refractivity (Wildman–Crippen MR) is 73.3 cm³/mol. The van der Waals surface area contributed by atoms with Crippen LogP contribution < -0.4 is 15.8 Å². The highest BCUT2D eigenvalue weighted by Gasteiger charge is 2.15. The number of anilines is 1. The lowest BCUT2D eigenvalue weighted by molar-refractivity contribution is -0.118. The third kappa shape index (κ3) is 2.80. The molecule has 0 saturated heterocycles. The maximum Gasteiger partial charge on any atom is 0.293 e. The number of imide groups is 1. The smallest absolute Gasteiger partial charge is 0.293 e. The van der Waals surface area contributed by atoms with Crippen molar-refractivity contribution in [2.45, 2.75) is 6.92 Å². The number of amides is 2. The minimum Gasteiger partial charge on any atom is -0.496 e. The van der Waals surface area contributed by atoms with Gasteiger partial charge in [0.2, 0.25) is 5.91 Å². The summed E-state index contributed by atoms with van der Waals surface area (Å²) < 4.78 is 10.6. The molecule has 0 saturated carbocycles. The fourth-order valence-electron chi connectivity index (χ4n) is 1.74. The van der Waals surface area contributed by atoms with E-state index in [1.165, 1.54) is 20.1 Å². The summed E-state index contributed by atoms with van der Waals surface area (Å²) in [5.41, 5.74) is 6.91. The van der Waals surface area contributed by atoms with Crippen molar-refractivity contribution in [3.05, 3.63) is 36.1 Å². The number of furan rings is 1. The Kier molecular flexibility index (Phi) is 3.74. The maximum atomic E-state index is 11.6. The zero-order valence-corrected chi connectivity index (χ0v) is 11.1. The summed E-state index contributed by atoms with van der Waals surface area (Å²) in [6.07, 6.45) is 0. The van der Waals surface area contributed by atoms with Crippen LogP contribution in [-0.2, 0) is 4.79 Å². The van der Waals surface area contributed by atoms with Gasteiger partial charge in [0.05, 0.1) is 12.7 Å². The third-order valence-electron chi connectivity index (χ3n) is 2.61. The van der Waals surface area contributed by atoms with Gasteiger partial charge in [-0.05, 0) is 24.3 Å². The number of rotatable bonds is 3. The number of nitrogen functional groups attached to an aromatic ring is 1. The number of hydrogen-bond donors (Lipinski definition) is 2. The molecule has 2 rings (SSSR count). The van der Waals surface area contributed by atoms with Gasteiger partial charge in [0.1, 0.15) is 11.5 Å². The van der Waals surface area contributed by atoms with Crippen molar-refractivity contribution in [2.75, 3.05) is 12.8 Å². The Morgan fingerprint density at radius 3 is 2.65 bits per heavy atom. The van der Waals surface area contributed by atoms with Gasteiger partial charge in [-0.25, -0.2) is 0 Å². The molecule has 1 aromatic carbocycles. The molecule has 0 atom stereocenters. The van der Waals surface area contributed by atoms with Crippen LogP contribution in [0.5, 0.6) is 5.75 Å². The van der Waals surface area contributed by atoms with Crippen molar-refractivity contribution in [1.82, 2.24) is 5.32 Å². The van der Waals surface area contributed by atoms with Crippen molar-refractivity contribution in [3.63, 3.8) is 0 Å². The molecular formula is C14H14N2O4.